The Kier molecular flexibility index (Phi) is 4.37. The number of aromatic nitrogens is 3. The summed E-state index contributed by atoms with van der Waals surface area (Å²) in [6.07, 6.45) is 5.34. The number of carbonyl (C=O) groups is 1. The highest BCUT2D eigenvalue weighted by Gasteiger charge is 2.21. The third kappa shape index (κ3) is 3.17. The van der Waals surface area contributed by atoms with Gasteiger partial charge >= 0.3 is 0 Å². The maximum Gasteiger partial charge on any atom is 0.268 e. The fraction of sp³-hybridized carbons (Fsp3) is 0.222. The zero-order valence-corrected chi connectivity index (χ0v) is 14.0. The fourth-order valence-electron chi connectivity index (χ4n) is 2.60. The van der Waals surface area contributed by atoms with Crippen molar-refractivity contribution in [1.82, 2.24) is 19.9 Å². The molecule has 1 unspecified atom stereocenters. The average molecular weight is 323 g/mol. The molecule has 0 radical (unpaired) electrons. The first kappa shape index (κ1) is 15.9. The molecule has 0 spiro atoms. The Bertz CT molecular complexity index is 802. The predicted molar refractivity (Wildman–Crippen MR) is 94.1 cm³/mol. The largest absolute Gasteiger partial charge is 0.378 e. The van der Waals surface area contributed by atoms with Crippen LogP contribution < -0.4 is 10.2 Å². The van der Waals surface area contributed by atoms with E-state index in [-0.39, 0.29) is 11.9 Å². The topological polar surface area (TPSA) is 66.0 Å². The molecule has 124 valence electrons. The number of amides is 1. The van der Waals surface area contributed by atoms with Crippen molar-refractivity contribution in [2.45, 2.75) is 6.04 Å². The highest BCUT2D eigenvalue weighted by Crippen LogP contribution is 2.23. The van der Waals surface area contributed by atoms with Crippen LogP contribution in [0.4, 0.5) is 5.69 Å². The van der Waals surface area contributed by atoms with Gasteiger partial charge in [0, 0.05) is 45.4 Å². The van der Waals surface area contributed by atoms with Crippen LogP contribution in [0.25, 0.3) is 0 Å². The zero-order chi connectivity index (χ0) is 17.1. The molecule has 6 heteroatoms. The number of benzene rings is 1. The van der Waals surface area contributed by atoms with E-state index >= 15 is 0 Å². The molecule has 0 aliphatic rings. The summed E-state index contributed by atoms with van der Waals surface area (Å²) in [7, 11) is 5.92. The lowest BCUT2D eigenvalue weighted by Crippen LogP contribution is -2.31. The Labute approximate surface area is 141 Å². The van der Waals surface area contributed by atoms with Gasteiger partial charge in [-0.1, -0.05) is 12.1 Å². The van der Waals surface area contributed by atoms with Gasteiger partial charge in [-0.15, -0.1) is 0 Å². The molecule has 2 heterocycles. The van der Waals surface area contributed by atoms with Crippen molar-refractivity contribution in [1.29, 1.82) is 0 Å². The summed E-state index contributed by atoms with van der Waals surface area (Å²) in [5.41, 5.74) is 2.61. The molecule has 6 nitrogen and oxygen atoms in total. The van der Waals surface area contributed by atoms with Gasteiger partial charge in [-0.2, -0.15) is 0 Å². The molecule has 1 atom stereocenters. The van der Waals surface area contributed by atoms with Crippen LogP contribution in [0.5, 0.6) is 0 Å². The van der Waals surface area contributed by atoms with E-state index in [1.807, 2.05) is 61.1 Å². The molecule has 0 bridgehead atoms. The molecular weight excluding hydrogens is 302 g/mol. The molecule has 2 aromatic heterocycles. The number of rotatable bonds is 5. The van der Waals surface area contributed by atoms with Gasteiger partial charge in [-0.05, 0) is 29.8 Å². The summed E-state index contributed by atoms with van der Waals surface area (Å²) in [6.45, 7) is 0. The van der Waals surface area contributed by atoms with Crippen molar-refractivity contribution < 1.29 is 4.79 Å². The number of imidazole rings is 1. The summed E-state index contributed by atoms with van der Waals surface area (Å²) in [4.78, 5) is 21.9. The predicted octanol–water partition coefficient (Wildman–Crippen LogP) is 2.33. The van der Waals surface area contributed by atoms with Gasteiger partial charge in [-0.3, -0.25) is 4.79 Å². The van der Waals surface area contributed by atoms with Crippen LogP contribution in [0.1, 0.15) is 27.9 Å². The molecule has 2 N–H and O–H groups in total. The van der Waals surface area contributed by atoms with Gasteiger partial charge in [0.05, 0.1) is 0 Å². The second-order valence-corrected chi connectivity index (χ2v) is 5.87. The SMILES string of the molecule is CN(C)c1ccc(C(NC(=O)c2ccc[nH]2)c2nccn2C)cc1. The van der Waals surface area contributed by atoms with Crippen LogP contribution in [-0.4, -0.2) is 34.5 Å². The molecule has 3 rings (SSSR count). The normalized spacial score (nSPS) is 12.0. The maximum atomic E-state index is 12.5. The molecular formula is C18H21N5O. The molecule has 24 heavy (non-hydrogen) atoms. The van der Waals surface area contributed by atoms with Crippen molar-refractivity contribution in [2.75, 3.05) is 19.0 Å². The van der Waals surface area contributed by atoms with Gasteiger partial charge in [0.25, 0.3) is 5.91 Å². The molecule has 0 fully saturated rings. The average Bonchev–Trinajstić information content (AvgIpc) is 3.24. The second kappa shape index (κ2) is 6.62. The van der Waals surface area contributed by atoms with E-state index in [1.54, 1.807) is 24.5 Å². The van der Waals surface area contributed by atoms with E-state index < -0.39 is 0 Å². The van der Waals surface area contributed by atoms with Gasteiger partial charge in [-0.25, -0.2) is 4.98 Å². The minimum atomic E-state index is -0.322. The smallest absolute Gasteiger partial charge is 0.268 e. The van der Waals surface area contributed by atoms with Crippen LogP contribution in [0.2, 0.25) is 0 Å². The van der Waals surface area contributed by atoms with Gasteiger partial charge in [0.15, 0.2) is 0 Å². The fourth-order valence-corrected chi connectivity index (χ4v) is 2.60. The van der Waals surface area contributed by atoms with E-state index in [1.165, 1.54) is 0 Å². The van der Waals surface area contributed by atoms with E-state index in [0.717, 1.165) is 17.1 Å². The van der Waals surface area contributed by atoms with Crippen LogP contribution in [-0.2, 0) is 7.05 Å². The van der Waals surface area contributed by atoms with Crippen LogP contribution >= 0.6 is 0 Å². The summed E-state index contributed by atoms with van der Waals surface area (Å²) in [5.74, 6) is 0.622. The molecule has 3 aromatic rings. The lowest BCUT2D eigenvalue weighted by atomic mass is 10.0. The standard InChI is InChI=1S/C18H21N5O/c1-22(2)14-8-6-13(7-9-14)16(17-20-11-12-23(17)3)21-18(24)15-5-4-10-19-15/h4-12,16,19H,1-3H3,(H,21,24). The van der Waals surface area contributed by atoms with Crippen LogP contribution in [0, 0.1) is 0 Å². The van der Waals surface area contributed by atoms with Crippen molar-refractivity contribution in [3.63, 3.8) is 0 Å². The number of anilines is 1. The van der Waals surface area contributed by atoms with Crippen molar-refractivity contribution in [3.8, 4) is 0 Å². The van der Waals surface area contributed by atoms with Crippen molar-refractivity contribution in [3.05, 3.63) is 72.1 Å². The number of H-pyrrole nitrogens is 1. The Morgan fingerprint density at radius 3 is 2.54 bits per heavy atom. The molecule has 1 amide bonds. The minimum Gasteiger partial charge on any atom is -0.378 e. The number of aromatic amines is 1. The summed E-state index contributed by atoms with van der Waals surface area (Å²) in [6, 6.07) is 11.3. The first-order chi connectivity index (χ1) is 11.6. The van der Waals surface area contributed by atoms with E-state index in [0.29, 0.717) is 5.69 Å². The monoisotopic (exact) mass is 323 g/mol. The Morgan fingerprint density at radius 1 is 1.25 bits per heavy atom. The minimum absolute atomic E-state index is 0.162. The molecule has 1 aromatic carbocycles. The van der Waals surface area contributed by atoms with Gasteiger partial charge < -0.3 is 19.8 Å². The Hall–Kier alpha value is -3.02. The molecule has 0 saturated carbocycles. The molecule has 0 aliphatic carbocycles. The quantitative estimate of drug-likeness (QED) is 0.757. The number of nitrogens with one attached hydrogen (secondary N) is 2. The van der Waals surface area contributed by atoms with E-state index in [2.05, 4.69) is 15.3 Å². The molecule has 0 saturated heterocycles. The van der Waals surface area contributed by atoms with Gasteiger partial charge in [0.2, 0.25) is 0 Å². The third-order valence-corrected chi connectivity index (χ3v) is 3.98. The van der Waals surface area contributed by atoms with Gasteiger partial charge in [0.1, 0.15) is 17.6 Å². The van der Waals surface area contributed by atoms with E-state index in [4.69, 9.17) is 0 Å². The third-order valence-electron chi connectivity index (χ3n) is 3.98. The number of hydrogen-bond acceptors (Lipinski definition) is 3. The summed E-state index contributed by atoms with van der Waals surface area (Å²) in [5, 5.41) is 3.06. The summed E-state index contributed by atoms with van der Waals surface area (Å²) < 4.78 is 1.92. The van der Waals surface area contributed by atoms with Crippen LogP contribution in [0.3, 0.4) is 0 Å². The second-order valence-electron chi connectivity index (χ2n) is 5.87. The first-order valence-corrected chi connectivity index (χ1v) is 7.75. The number of hydrogen-bond donors (Lipinski definition) is 2. The Morgan fingerprint density at radius 2 is 2.00 bits per heavy atom. The Balaban J connectivity index is 1.93. The van der Waals surface area contributed by atoms with E-state index in [9.17, 15) is 4.79 Å². The lowest BCUT2D eigenvalue weighted by Gasteiger charge is -2.20. The first-order valence-electron chi connectivity index (χ1n) is 7.75. The summed E-state index contributed by atoms with van der Waals surface area (Å²) >= 11 is 0. The number of carbonyl (C=O) groups excluding carboxylic acids is 1. The lowest BCUT2D eigenvalue weighted by molar-refractivity contribution is 0.0936. The van der Waals surface area contributed by atoms with Crippen LogP contribution in [0.15, 0.2) is 55.0 Å². The highest BCUT2D eigenvalue weighted by molar-refractivity contribution is 5.92. The molecule has 0 aliphatic heterocycles. The number of nitrogens with zero attached hydrogens (tertiary/aromatic N) is 3. The maximum absolute atomic E-state index is 12.5. The highest BCUT2D eigenvalue weighted by atomic mass is 16.1. The zero-order valence-electron chi connectivity index (χ0n) is 14.0. The number of aryl methyl sites for hydroxylation is 1. The van der Waals surface area contributed by atoms with Crippen molar-refractivity contribution in [2.24, 2.45) is 7.05 Å². The van der Waals surface area contributed by atoms with Crippen molar-refractivity contribution >= 4 is 11.6 Å².